The third kappa shape index (κ3) is 13.4. The monoisotopic (exact) mass is 466 g/mol. The van der Waals surface area contributed by atoms with Crippen molar-refractivity contribution in [2.24, 2.45) is 0 Å². The minimum atomic E-state index is -0.642. The summed E-state index contributed by atoms with van der Waals surface area (Å²) in [6.07, 6.45) is 0.505. The summed E-state index contributed by atoms with van der Waals surface area (Å²) in [5.41, 5.74) is 0.478. The number of hydrogen-bond acceptors (Lipinski definition) is 9. The van der Waals surface area contributed by atoms with E-state index in [1.807, 2.05) is 0 Å². The van der Waals surface area contributed by atoms with Gasteiger partial charge in [-0.3, -0.25) is 24.0 Å². The van der Waals surface area contributed by atoms with Gasteiger partial charge in [0.05, 0.1) is 25.4 Å². The van der Waals surface area contributed by atoms with Crippen molar-refractivity contribution in [3.05, 3.63) is 35.9 Å². The Morgan fingerprint density at radius 3 is 2.16 bits per heavy atom. The second kappa shape index (κ2) is 15.8. The van der Waals surface area contributed by atoms with E-state index in [0.717, 1.165) is 11.8 Å². The predicted octanol–water partition coefficient (Wildman–Crippen LogP) is -1.46. The van der Waals surface area contributed by atoms with Crippen LogP contribution in [0.2, 0.25) is 6.82 Å². The minimum absolute atomic E-state index is 0.139. The number of ether oxygens (including phenoxy) is 1. The third-order valence-corrected chi connectivity index (χ3v) is 4.59. The van der Waals surface area contributed by atoms with Crippen LogP contribution in [0.15, 0.2) is 30.3 Å². The summed E-state index contributed by atoms with van der Waals surface area (Å²) < 4.78 is 4.90. The van der Waals surface area contributed by atoms with E-state index < -0.39 is 30.7 Å². The van der Waals surface area contributed by atoms with Gasteiger partial charge in [0.1, 0.15) is 6.54 Å². The van der Waals surface area contributed by atoms with Crippen molar-refractivity contribution in [3.63, 3.8) is 0 Å². The third-order valence-electron chi connectivity index (χ3n) is 3.69. The van der Waals surface area contributed by atoms with Gasteiger partial charge in [-0.25, -0.2) is 0 Å². The van der Waals surface area contributed by atoms with Gasteiger partial charge in [-0.1, -0.05) is 42.1 Å². The van der Waals surface area contributed by atoms with Gasteiger partial charge in [-0.2, -0.15) is 0 Å². The number of benzene rings is 1. The molecule has 5 N–H and O–H groups in total. The first-order chi connectivity index (χ1) is 15.3. The molecule has 1 aromatic carbocycles. The Kier molecular flexibility index (Phi) is 13.4. The van der Waals surface area contributed by atoms with E-state index >= 15 is 0 Å². The lowest BCUT2D eigenvalue weighted by Gasteiger charge is -2.09. The van der Waals surface area contributed by atoms with Crippen molar-refractivity contribution >= 4 is 47.6 Å². The van der Waals surface area contributed by atoms with Gasteiger partial charge >= 0.3 is 13.0 Å². The molecule has 0 aliphatic heterocycles. The Morgan fingerprint density at radius 2 is 1.53 bits per heavy atom. The fraction of sp³-hybridized carbons (Fsp3) is 0.421. The second-order valence-corrected chi connectivity index (χ2v) is 7.42. The molecule has 32 heavy (non-hydrogen) atoms. The fourth-order valence-electron chi connectivity index (χ4n) is 2.11. The number of carbonyl (C=O) groups is 5. The zero-order valence-electron chi connectivity index (χ0n) is 17.7. The minimum Gasteiger partial charge on any atom is -0.464 e. The molecule has 0 spiro atoms. The van der Waals surface area contributed by atoms with Crippen LogP contribution in [0.5, 0.6) is 0 Å². The molecule has 0 heterocycles. The maximum absolute atomic E-state index is 11.9. The van der Waals surface area contributed by atoms with E-state index in [1.54, 1.807) is 37.2 Å². The summed E-state index contributed by atoms with van der Waals surface area (Å²) in [5, 5.41) is 18.5. The number of esters is 1. The largest absolute Gasteiger partial charge is 0.464 e. The Balaban J connectivity index is 2.09. The highest BCUT2D eigenvalue weighted by Crippen LogP contribution is 2.11. The first kappa shape index (κ1) is 27.1. The van der Waals surface area contributed by atoms with E-state index in [1.165, 1.54) is 0 Å². The molecule has 3 amide bonds. The average molecular weight is 466 g/mol. The number of hydrogen-bond donors (Lipinski definition) is 5. The Bertz CT molecular complexity index is 780. The van der Waals surface area contributed by atoms with Crippen molar-refractivity contribution in [1.29, 1.82) is 0 Å². The molecule has 174 valence electrons. The molecular weight excluding hydrogens is 439 g/mol. The summed E-state index contributed by atoms with van der Waals surface area (Å²) in [6, 6.07) is 8.50. The van der Waals surface area contributed by atoms with Crippen molar-refractivity contribution in [2.75, 3.05) is 38.5 Å². The van der Waals surface area contributed by atoms with Gasteiger partial charge in [0.15, 0.2) is 0 Å². The van der Waals surface area contributed by atoms with E-state index in [0.29, 0.717) is 18.5 Å². The molecule has 0 unspecified atom stereocenters. The molecule has 13 heteroatoms. The number of rotatable bonds is 14. The van der Waals surface area contributed by atoms with Gasteiger partial charge in [-0.15, -0.1) is 0 Å². The highest BCUT2D eigenvalue weighted by atomic mass is 32.2. The van der Waals surface area contributed by atoms with Gasteiger partial charge in [0.25, 0.3) is 0 Å². The van der Waals surface area contributed by atoms with Crippen molar-refractivity contribution in [2.45, 2.75) is 13.2 Å². The van der Waals surface area contributed by atoms with Gasteiger partial charge in [-0.05, 0) is 19.8 Å². The molecule has 0 saturated heterocycles. The molecular formula is C19H27BN4O7S. The molecule has 1 aromatic rings. The van der Waals surface area contributed by atoms with Crippen molar-refractivity contribution in [1.82, 2.24) is 21.2 Å². The summed E-state index contributed by atoms with van der Waals surface area (Å²) in [6.45, 7) is 1.11. The maximum atomic E-state index is 11.9. The highest BCUT2D eigenvalue weighted by molar-refractivity contribution is 8.14. The summed E-state index contributed by atoms with van der Waals surface area (Å²) in [5.74, 6) is -2.46. The smallest absolute Gasteiger partial charge is 0.373 e. The predicted molar refractivity (Wildman–Crippen MR) is 120 cm³/mol. The topological polar surface area (TPSA) is 163 Å². The van der Waals surface area contributed by atoms with Gasteiger partial charge in [0.2, 0.25) is 22.8 Å². The quantitative estimate of drug-likeness (QED) is 0.125. The lowest BCUT2D eigenvalue weighted by Crippen LogP contribution is -2.43. The molecule has 0 radical (unpaired) electrons. The van der Waals surface area contributed by atoms with Crippen LogP contribution >= 0.6 is 11.8 Å². The molecule has 0 aromatic heterocycles. The van der Waals surface area contributed by atoms with E-state index in [-0.39, 0.29) is 37.1 Å². The second-order valence-electron chi connectivity index (χ2n) is 6.48. The van der Waals surface area contributed by atoms with Crippen LogP contribution < -0.4 is 21.2 Å². The highest BCUT2D eigenvalue weighted by Gasteiger charge is 2.12. The van der Waals surface area contributed by atoms with E-state index in [9.17, 15) is 24.0 Å². The normalized spacial score (nSPS) is 10.1. The van der Waals surface area contributed by atoms with Crippen LogP contribution in [0.4, 0.5) is 0 Å². The molecule has 0 aliphatic carbocycles. The molecule has 0 atom stereocenters. The SMILES string of the molecule is CB(O)NCCCOC(=O)CNC(=O)CNC(=O)CNC(=O)CSC(=O)c1ccccc1. The first-order valence-electron chi connectivity index (χ1n) is 9.87. The zero-order chi connectivity index (χ0) is 23.8. The molecule has 0 saturated carbocycles. The van der Waals surface area contributed by atoms with Crippen LogP contribution in [0, 0.1) is 0 Å². The Hall–Kier alpha value is -2.90. The van der Waals surface area contributed by atoms with E-state index in [4.69, 9.17) is 9.76 Å². The van der Waals surface area contributed by atoms with E-state index in [2.05, 4.69) is 21.2 Å². The van der Waals surface area contributed by atoms with Crippen LogP contribution in [0.25, 0.3) is 0 Å². The molecule has 1 rings (SSSR count). The average Bonchev–Trinajstić information content (AvgIpc) is 2.78. The Labute approximate surface area is 190 Å². The van der Waals surface area contributed by atoms with Crippen LogP contribution in [0.1, 0.15) is 16.8 Å². The lowest BCUT2D eigenvalue weighted by atomic mass is 9.89. The standard InChI is InChI=1S/C19H27BN4O7S/c1-20(30)24-8-5-9-31-18(28)12-23-16(26)10-21-15(25)11-22-17(27)13-32-19(29)14-6-3-2-4-7-14/h2-4,6-7,24,30H,5,8-13H2,1H3,(H,21,25)(H,22,27)(H,23,26). The number of thioether (sulfide) groups is 1. The molecule has 0 aliphatic rings. The van der Waals surface area contributed by atoms with Gasteiger partial charge < -0.3 is 30.9 Å². The zero-order valence-corrected chi connectivity index (χ0v) is 18.5. The van der Waals surface area contributed by atoms with Crippen molar-refractivity contribution in [3.8, 4) is 0 Å². The van der Waals surface area contributed by atoms with Crippen LogP contribution in [-0.2, 0) is 23.9 Å². The molecule has 0 fully saturated rings. The summed E-state index contributed by atoms with van der Waals surface area (Å²) in [7, 11) is -0.642. The number of nitrogens with one attached hydrogen (secondary N) is 4. The number of amides is 3. The lowest BCUT2D eigenvalue weighted by molar-refractivity contribution is -0.143. The summed E-state index contributed by atoms with van der Waals surface area (Å²) in [4.78, 5) is 58.5. The molecule has 0 bridgehead atoms. The van der Waals surface area contributed by atoms with Gasteiger partial charge in [0, 0.05) is 5.56 Å². The van der Waals surface area contributed by atoms with Crippen LogP contribution in [0.3, 0.4) is 0 Å². The first-order valence-corrected chi connectivity index (χ1v) is 10.9. The fourth-order valence-corrected chi connectivity index (χ4v) is 2.78. The Morgan fingerprint density at radius 1 is 0.938 bits per heavy atom. The van der Waals surface area contributed by atoms with Crippen LogP contribution in [-0.4, -0.2) is 79.4 Å². The maximum Gasteiger partial charge on any atom is 0.373 e. The van der Waals surface area contributed by atoms with Crippen molar-refractivity contribution < 1.29 is 33.7 Å². The number of carbonyl (C=O) groups excluding carboxylic acids is 5. The summed E-state index contributed by atoms with van der Waals surface area (Å²) >= 11 is 0.821. The molecule has 11 nitrogen and oxygen atoms in total.